The molecule has 1 aromatic heterocycles. The zero-order valence-corrected chi connectivity index (χ0v) is 15.9. The second-order valence-electron chi connectivity index (χ2n) is 7.18. The molecule has 26 heavy (non-hydrogen) atoms. The first-order valence-electron chi connectivity index (χ1n) is 9.60. The number of nitrogens with zero attached hydrogens (tertiary/aromatic N) is 3. The van der Waals surface area contributed by atoms with E-state index in [0.717, 1.165) is 45.4 Å². The van der Waals surface area contributed by atoms with Crippen molar-refractivity contribution in [2.24, 2.45) is 5.41 Å². The highest BCUT2D eigenvalue weighted by atomic mass is 16.5. The highest BCUT2D eigenvalue weighted by Gasteiger charge is 2.43. The summed E-state index contributed by atoms with van der Waals surface area (Å²) in [5.74, 6) is -0.0576. The van der Waals surface area contributed by atoms with Gasteiger partial charge in [-0.25, -0.2) is 0 Å². The quantitative estimate of drug-likeness (QED) is 0.715. The van der Waals surface area contributed by atoms with Crippen molar-refractivity contribution < 1.29 is 9.53 Å². The van der Waals surface area contributed by atoms with Crippen LogP contribution in [0.25, 0.3) is 0 Å². The Morgan fingerprint density at radius 3 is 2.73 bits per heavy atom. The molecule has 140 valence electrons. The summed E-state index contributed by atoms with van der Waals surface area (Å²) < 4.78 is 7.44. The maximum Gasteiger partial charge on any atom is 0.313 e. The summed E-state index contributed by atoms with van der Waals surface area (Å²) in [6.45, 7) is 7.85. The van der Waals surface area contributed by atoms with E-state index in [4.69, 9.17) is 4.74 Å². The van der Waals surface area contributed by atoms with Crippen LogP contribution in [0.4, 0.5) is 0 Å². The molecule has 1 atom stereocenters. The SMILES string of the molecule is CCOC(=O)[C@@]1(Cc2ccccc2)CCCN(Cc2cnn(CC)c2)C1. The minimum Gasteiger partial charge on any atom is -0.466 e. The number of esters is 1. The average Bonchev–Trinajstić information content (AvgIpc) is 3.10. The van der Waals surface area contributed by atoms with Gasteiger partial charge in [0, 0.05) is 31.4 Å². The minimum atomic E-state index is -0.462. The fraction of sp³-hybridized carbons (Fsp3) is 0.524. The molecule has 0 aliphatic carbocycles. The highest BCUT2D eigenvalue weighted by molar-refractivity contribution is 5.77. The largest absolute Gasteiger partial charge is 0.466 e. The molecule has 0 amide bonds. The molecule has 5 heteroatoms. The van der Waals surface area contributed by atoms with Gasteiger partial charge in [0.05, 0.1) is 18.2 Å². The normalized spacial score (nSPS) is 20.8. The predicted octanol–water partition coefficient (Wildman–Crippen LogP) is 3.29. The molecule has 2 aromatic rings. The van der Waals surface area contributed by atoms with Crippen LogP contribution in [0.5, 0.6) is 0 Å². The van der Waals surface area contributed by atoms with Crippen molar-refractivity contribution in [3.63, 3.8) is 0 Å². The van der Waals surface area contributed by atoms with Crippen molar-refractivity contribution in [2.45, 2.75) is 46.2 Å². The van der Waals surface area contributed by atoms with E-state index < -0.39 is 5.41 Å². The Labute approximate surface area is 156 Å². The van der Waals surface area contributed by atoms with E-state index in [-0.39, 0.29) is 5.97 Å². The van der Waals surface area contributed by atoms with E-state index in [1.807, 2.05) is 36.0 Å². The molecule has 1 saturated heterocycles. The number of aryl methyl sites for hydroxylation is 1. The van der Waals surface area contributed by atoms with Gasteiger partial charge >= 0.3 is 5.97 Å². The summed E-state index contributed by atoms with van der Waals surface area (Å²) in [4.78, 5) is 15.3. The van der Waals surface area contributed by atoms with Crippen LogP contribution < -0.4 is 0 Å². The van der Waals surface area contributed by atoms with Crippen LogP contribution in [0.1, 0.15) is 37.8 Å². The second-order valence-corrected chi connectivity index (χ2v) is 7.18. The number of benzene rings is 1. The Morgan fingerprint density at radius 1 is 1.23 bits per heavy atom. The molecule has 1 aliphatic rings. The fourth-order valence-corrected chi connectivity index (χ4v) is 3.94. The van der Waals surface area contributed by atoms with Crippen LogP contribution in [-0.4, -0.2) is 40.3 Å². The van der Waals surface area contributed by atoms with Crippen LogP contribution in [0.2, 0.25) is 0 Å². The summed E-state index contributed by atoms with van der Waals surface area (Å²) >= 11 is 0. The molecule has 3 rings (SSSR count). The lowest BCUT2D eigenvalue weighted by Gasteiger charge is -2.41. The third-order valence-corrected chi connectivity index (χ3v) is 5.17. The third kappa shape index (κ3) is 4.33. The molecule has 1 aliphatic heterocycles. The van der Waals surface area contributed by atoms with Crippen LogP contribution in [0.3, 0.4) is 0 Å². The van der Waals surface area contributed by atoms with E-state index in [2.05, 4.69) is 35.3 Å². The first-order chi connectivity index (χ1) is 12.6. The van der Waals surface area contributed by atoms with Crippen molar-refractivity contribution in [3.8, 4) is 0 Å². The fourth-order valence-electron chi connectivity index (χ4n) is 3.94. The average molecular weight is 355 g/mol. The van der Waals surface area contributed by atoms with Gasteiger partial charge in [-0.1, -0.05) is 30.3 Å². The molecule has 2 heterocycles. The number of hydrogen-bond acceptors (Lipinski definition) is 4. The highest BCUT2D eigenvalue weighted by Crippen LogP contribution is 2.36. The Bertz CT molecular complexity index is 713. The first-order valence-corrected chi connectivity index (χ1v) is 9.60. The van der Waals surface area contributed by atoms with E-state index >= 15 is 0 Å². The molecule has 0 unspecified atom stereocenters. The molecule has 5 nitrogen and oxygen atoms in total. The number of ether oxygens (including phenoxy) is 1. The molecule has 0 radical (unpaired) electrons. The maximum atomic E-state index is 12.9. The monoisotopic (exact) mass is 355 g/mol. The van der Waals surface area contributed by atoms with E-state index in [1.165, 1.54) is 11.1 Å². The number of likely N-dealkylation sites (tertiary alicyclic amines) is 1. The van der Waals surface area contributed by atoms with Crippen molar-refractivity contribution in [2.75, 3.05) is 19.7 Å². The number of aromatic nitrogens is 2. The molecule has 1 aromatic carbocycles. The third-order valence-electron chi connectivity index (χ3n) is 5.17. The van der Waals surface area contributed by atoms with Gasteiger partial charge < -0.3 is 4.74 Å². The van der Waals surface area contributed by atoms with Crippen LogP contribution in [0, 0.1) is 5.41 Å². The molecule has 1 fully saturated rings. The van der Waals surface area contributed by atoms with Gasteiger partial charge in [0.25, 0.3) is 0 Å². The topological polar surface area (TPSA) is 47.4 Å². The van der Waals surface area contributed by atoms with E-state index in [0.29, 0.717) is 6.61 Å². The predicted molar refractivity (Wildman–Crippen MR) is 102 cm³/mol. The molecular formula is C21H29N3O2. The Hall–Kier alpha value is -2.14. The zero-order valence-electron chi connectivity index (χ0n) is 15.9. The molecule has 0 N–H and O–H groups in total. The van der Waals surface area contributed by atoms with Crippen LogP contribution in [0.15, 0.2) is 42.7 Å². The Kier molecular flexibility index (Phi) is 6.09. The van der Waals surface area contributed by atoms with Gasteiger partial charge in [-0.2, -0.15) is 5.10 Å². The van der Waals surface area contributed by atoms with Crippen LogP contribution in [-0.2, 0) is 29.0 Å². The summed E-state index contributed by atoms with van der Waals surface area (Å²) in [6, 6.07) is 10.3. The van der Waals surface area contributed by atoms with Gasteiger partial charge in [0.2, 0.25) is 0 Å². The second kappa shape index (κ2) is 8.49. The molecule has 0 spiro atoms. The summed E-state index contributed by atoms with van der Waals surface area (Å²) in [6.07, 6.45) is 6.65. The van der Waals surface area contributed by atoms with Gasteiger partial charge in [0.1, 0.15) is 0 Å². The molecular weight excluding hydrogens is 326 g/mol. The van der Waals surface area contributed by atoms with E-state index in [9.17, 15) is 4.79 Å². The van der Waals surface area contributed by atoms with E-state index in [1.54, 1.807) is 0 Å². The van der Waals surface area contributed by atoms with Crippen molar-refractivity contribution >= 4 is 5.97 Å². The first kappa shape index (κ1) is 18.6. The Morgan fingerprint density at radius 2 is 2.04 bits per heavy atom. The molecule has 0 bridgehead atoms. The van der Waals surface area contributed by atoms with Crippen molar-refractivity contribution in [3.05, 3.63) is 53.9 Å². The lowest BCUT2D eigenvalue weighted by atomic mass is 9.75. The number of hydrogen-bond donors (Lipinski definition) is 0. The van der Waals surface area contributed by atoms with Gasteiger partial charge in [-0.3, -0.25) is 14.4 Å². The number of piperidine rings is 1. The van der Waals surface area contributed by atoms with Gasteiger partial charge in [-0.05, 0) is 45.2 Å². The Balaban J connectivity index is 1.77. The van der Waals surface area contributed by atoms with Gasteiger partial charge in [0.15, 0.2) is 0 Å². The standard InChI is InChI=1S/C21H29N3O2/c1-3-24-16-19(14-22-24)15-23-12-8-11-21(17-23,20(25)26-4-2)13-18-9-6-5-7-10-18/h5-7,9-10,14,16H,3-4,8,11-13,15,17H2,1-2H3/t21-/m1/s1. The smallest absolute Gasteiger partial charge is 0.313 e. The molecule has 0 saturated carbocycles. The maximum absolute atomic E-state index is 12.9. The summed E-state index contributed by atoms with van der Waals surface area (Å²) in [7, 11) is 0. The van der Waals surface area contributed by atoms with Gasteiger partial charge in [-0.15, -0.1) is 0 Å². The zero-order chi connectivity index (χ0) is 18.4. The minimum absolute atomic E-state index is 0.0576. The summed E-state index contributed by atoms with van der Waals surface area (Å²) in [5, 5.41) is 4.37. The van der Waals surface area contributed by atoms with Crippen LogP contribution >= 0.6 is 0 Å². The number of carbonyl (C=O) groups excluding carboxylic acids is 1. The lowest BCUT2D eigenvalue weighted by molar-refractivity contribution is -0.159. The summed E-state index contributed by atoms with van der Waals surface area (Å²) in [5.41, 5.74) is 1.93. The number of carbonyl (C=O) groups is 1. The van der Waals surface area contributed by atoms with Crippen molar-refractivity contribution in [1.29, 1.82) is 0 Å². The number of rotatable bonds is 7. The van der Waals surface area contributed by atoms with Crippen molar-refractivity contribution in [1.82, 2.24) is 14.7 Å². The lowest BCUT2D eigenvalue weighted by Crippen LogP contribution is -2.49.